The number of halogens is 2. The Balaban J connectivity index is 0.00000312. The number of piperazine rings is 1. The van der Waals surface area contributed by atoms with Gasteiger partial charge in [-0.3, -0.25) is 9.69 Å². The molecular weight excluding hydrogens is 401 g/mol. The normalized spacial score (nSPS) is 24.9. The Labute approximate surface area is 169 Å². The second-order valence-corrected chi connectivity index (χ2v) is 9.50. The van der Waals surface area contributed by atoms with Gasteiger partial charge in [0.1, 0.15) is 0 Å². The van der Waals surface area contributed by atoms with Crippen LogP contribution in [0, 0.1) is 0 Å². The average Bonchev–Trinajstić information content (AvgIpc) is 2.53. The molecule has 2 N–H and O–H groups in total. The molecule has 0 radical (unpaired) electrons. The molecule has 0 aliphatic carbocycles. The molecule has 7 nitrogen and oxygen atoms in total. The number of nitrogens with one attached hydrogen (secondary N) is 1. The van der Waals surface area contributed by atoms with E-state index < -0.39 is 20.7 Å². The van der Waals surface area contributed by atoms with Gasteiger partial charge in [-0.1, -0.05) is 6.92 Å². The van der Waals surface area contributed by atoms with Crippen molar-refractivity contribution < 1.29 is 18.3 Å². The number of carbonyl (C=O) groups excluding carboxylic acids is 1. The number of sulfone groups is 1. The summed E-state index contributed by atoms with van der Waals surface area (Å²) in [6, 6.07) is 0.163. The Morgan fingerprint density at radius 2 is 1.85 bits per heavy atom. The van der Waals surface area contributed by atoms with Crippen molar-refractivity contribution >= 4 is 40.6 Å². The number of amides is 1. The van der Waals surface area contributed by atoms with Gasteiger partial charge < -0.3 is 15.3 Å². The molecule has 10 heteroatoms. The van der Waals surface area contributed by atoms with Crippen LogP contribution in [-0.4, -0.2) is 91.6 Å². The molecule has 2 heterocycles. The molecule has 2 fully saturated rings. The first-order valence-corrected chi connectivity index (χ1v) is 10.7. The fourth-order valence-corrected chi connectivity index (χ4v) is 5.30. The molecule has 2 atom stereocenters. The van der Waals surface area contributed by atoms with Crippen LogP contribution in [0.4, 0.5) is 0 Å². The van der Waals surface area contributed by atoms with E-state index >= 15 is 0 Å². The fourth-order valence-electron chi connectivity index (χ4n) is 3.91. The number of piperidine rings is 1. The van der Waals surface area contributed by atoms with Crippen LogP contribution in [0.15, 0.2) is 0 Å². The fraction of sp³-hybridized carbons (Fsp3) is 0.938. The summed E-state index contributed by atoms with van der Waals surface area (Å²) >= 11 is 0. The Kier molecular flexibility index (Phi) is 10.4. The maximum absolute atomic E-state index is 13.2. The zero-order valence-corrected chi connectivity index (χ0v) is 18.3. The van der Waals surface area contributed by atoms with Crippen molar-refractivity contribution in [3.63, 3.8) is 0 Å². The second kappa shape index (κ2) is 10.4. The predicted octanol–water partition coefficient (Wildman–Crippen LogP) is 0.300. The molecule has 156 valence electrons. The highest BCUT2D eigenvalue weighted by Gasteiger charge is 2.51. The number of nitrogens with zero attached hydrogens (tertiary/aromatic N) is 2. The highest BCUT2D eigenvalue weighted by molar-refractivity contribution is 7.92. The molecule has 0 spiro atoms. The number of aliphatic hydroxyl groups excluding tert-OH is 1. The largest absolute Gasteiger partial charge is 0.392 e. The van der Waals surface area contributed by atoms with E-state index in [1.54, 1.807) is 11.8 Å². The summed E-state index contributed by atoms with van der Waals surface area (Å²) < 4.78 is 23.6. The van der Waals surface area contributed by atoms with Crippen molar-refractivity contribution in [2.45, 2.75) is 50.0 Å². The minimum atomic E-state index is -3.48. The molecule has 1 amide bonds. The van der Waals surface area contributed by atoms with Gasteiger partial charge in [-0.15, -0.1) is 24.8 Å². The van der Waals surface area contributed by atoms with Gasteiger partial charge in [0.2, 0.25) is 5.91 Å². The molecule has 2 unspecified atom stereocenters. The Bertz CT molecular complexity index is 554. The molecule has 0 bridgehead atoms. The minimum Gasteiger partial charge on any atom is -0.392 e. The molecule has 0 aromatic rings. The Morgan fingerprint density at radius 1 is 1.27 bits per heavy atom. The van der Waals surface area contributed by atoms with Crippen LogP contribution in [0.25, 0.3) is 0 Å². The third kappa shape index (κ3) is 5.45. The standard InChI is InChI=1S/C16H31N3O4S.2ClH/c1-4-14-12-19(10-9-18(14)11-13(2)20)15(21)16(24(3,22)23)5-7-17-8-6-16;;/h13-14,17,20H,4-12H2,1-3H3;2*1H. The lowest BCUT2D eigenvalue weighted by atomic mass is 9.94. The highest BCUT2D eigenvalue weighted by atomic mass is 35.5. The lowest BCUT2D eigenvalue weighted by molar-refractivity contribution is -0.138. The van der Waals surface area contributed by atoms with Gasteiger partial charge in [0, 0.05) is 38.5 Å². The summed E-state index contributed by atoms with van der Waals surface area (Å²) in [6.45, 7) is 7.24. The van der Waals surface area contributed by atoms with Gasteiger partial charge in [-0.2, -0.15) is 0 Å². The summed E-state index contributed by atoms with van der Waals surface area (Å²) in [5.74, 6) is -0.235. The van der Waals surface area contributed by atoms with Gasteiger partial charge >= 0.3 is 0 Å². The van der Waals surface area contributed by atoms with Crippen molar-refractivity contribution in [3.8, 4) is 0 Å². The molecule has 2 saturated heterocycles. The third-order valence-electron chi connectivity index (χ3n) is 5.37. The van der Waals surface area contributed by atoms with Crippen LogP contribution in [-0.2, 0) is 14.6 Å². The van der Waals surface area contributed by atoms with Crippen molar-refractivity contribution in [1.29, 1.82) is 0 Å². The molecule has 2 aliphatic heterocycles. The van der Waals surface area contributed by atoms with Crippen molar-refractivity contribution in [1.82, 2.24) is 15.1 Å². The van der Waals surface area contributed by atoms with E-state index in [0.717, 1.165) is 6.42 Å². The Hall–Kier alpha value is -0.120. The van der Waals surface area contributed by atoms with E-state index in [9.17, 15) is 18.3 Å². The first kappa shape index (κ1) is 25.9. The van der Waals surface area contributed by atoms with E-state index in [4.69, 9.17) is 0 Å². The molecule has 26 heavy (non-hydrogen) atoms. The lowest BCUT2D eigenvalue weighted by Gasteiger charge is -2.45. The van der Waals surface area contributed by atoms with Crippen molar-refractivity contribution in [3.05, 3.63) is 0 Å². The first-order valence-electron chi connectivity index (χ1n) is 8.83. The Morgan fingerprint density at radius 3 is 2.31 bits per heavy atom. The van der Waals surface area contributed by atoms with Crippen LogP contribution in [0.5, 0.6) is 0 Å². The summed E-state index contributed by atoms with van der Waals surface area (Å²) in [4.78, 5) is 17.1. The number of carbonyl (C=O) groups is 1. The number of hydrogen-bond acceptors (Lipinski definition) is 6. The van der Waals surface area contributed by atoms with Gasteiger partial charge in [0.25, 0.3) is 0 Å². The number of aliphatic hydroxyl groups is 1. The molecule has 0 aromatic heterocycles. The lowest BCUT2D eigenvalue weighted by Crippen LogP contribution is -2.63. The zero-order chi connectivity index (χ0) is 18.0. The molecule has 0 aromatic carbocycles. The number of rotatable bonds is 5. The maximum atomic E-state index is 13.2. The maximum Gasteiger partial charge on any atom is 0.244 e. The smallest absolute Gasteiger partial charge is 0.244 e. The molecule has 2 aliphatic rings. The van der Waals surface area contributed by atoms with Crippen molar-refractivity contribution in [2.24, 2.45) is 0 Å². The summed E-state index contributed by atoms with van der Waals surface area (Å²) in [6.07, 6.45) is 2.33. The van der Waals surface area contributed by atoms with Gasteiger partial charge in [0.15, 0.2) is 14.6 Å². The van der Waals surface area contributed by atoms with Crippen LogP contribution in [0.2, 0.25) is 0 Å². The van der Waals surface area contributed by atoms with Gasteiger partial charge in [-0.25, -0.2) is 8.42 Å². The van der Waals surface area contributed by atoms with Crippen LogP contribution in [0.1, 0.15) is 33.1 Å². The van der Waals surface area contributed by atoms with Gasteiger partial charge in [0.05, 0.1) is 6.10 Å². The monoisotopic (exact) mass is 433 g/mol. The van der Waals surface area contributed by atoms with E-state index in [1.807, 2.05) is 0 Å². The average molecular weight is 434 g/mol. The van der Waals surface area contributed by atoms with Crippen molar-refractivity contribution in [2.75, 3.05) is 45.5 Å². The molecular formula is C16H33Cl2N3O4S. The summed E-state index contributed by atoms with van der Waals surface area (Å²) in [7, 11) is -3.48. The van der Waals surface area contributed by atoms with E-state index in [-0.39, 0.29) is 36.8 Å². The molecule has 2 rings (SSSR count). The van der Waals surface area contributed by atoms with Crippen LogP contribution in [0.3, 0.4) is 0 Å². The summed E-state index contributed by atoms with van der Waals surface area (Å²) in [5, 5.41) is 12.8. The summed E-state index contributed by atoms with van der Waals surface area (Å²) in [5.41, 5.74) is 0. The van der Waals surface area contributed by atoms with Crippen LogP contribution < -0.4 is 5.32 Å². The van der Waals surface area contributed by atoms with Gasteiger partial charge in [-0.05, 0) is 39.3 Å². The third-order valence-corrected chi connectivity index (χ3v) is 7.38. The number of hydrogen-bond donors (Lipinski definition) is 2. The zero-order valence-electron chi connectivity index (χ0n) is 15.8. The minimum absolute atomic E-state index is 0. The predicted molar refractivity (Wildman–Crippen MR) is 108 cm³/mol. The van der Waals surface area contributed by atoms with E-state index in [0.29, 0.717) is 52.1 Å². The van der Waals surface area contributed by atoms with E-state index in [2.05, 4.69) is 17.1 Å². The molecule has 0 saturated carbocycles. The second-order valence-electron chi connectivity index (χ2n) is 7.17. The topological polar surface area (TPSA) is 90.0 Å². The quantitative estimate of drug-likeness (QED) is 0.647. The highest BCUT2D eigenvalue weighted by Crippen LogP contribution is 2.31. The van der Waals surface area contributed by atoms with E-state index in [1.165, 1.54) is 6.26 Å². The SMILES string of the molecule is CCC1CN(C(=O)C2(S(C)(=O)=O)CCNCC2)CCN1CC(C)O.Cl.Cl. The van der Waals surface area contributed by atoms with Crippen LogP contribution >= 0.6 is 24.8 Å². The number of β-amino-alcohol motifs (C(OH)–C–C–N with tert-alkyl or cyclic N) is 1. The first-order chi connectivity index (χ1) is 11.2.